The van der Waals surface area contributed by atoms with Gasteiger partial charge in [0.15, 0.2) is 12.7 Å². The van der Waals surface area contributed by atoms with Crippen molar-refractivity contribution >= 4 is 5.97 Å². The molecule has 8 heteroatoms. The van der Waals surface area contributed by atoms with Crippen LogP contribution in [0.15, 0.2) is 52.9 Å². The molecule has 2 aromatic carbocycles. The van der Waals surface area contributed by atoms with Crippen LogP contribution in [0.5, 0.6) is 11.5 Å². The highest BCUT2D eigenvalue weighted by atomic mass is 16.6. The molecule has 0 aliphatic carbocycles. The van der Waals surface area contributed by atoms with Crippen molar-refractivity contribution in [2.45, 2.75) is 13.0 Å². The first kappa shape index (κ1) is 18.9. The fourth-order valence-electron chi connectivity index (χ4n) is 2.30. The van der Waals surface area contributed by atoms with Gasteiger partial charge in [-0.05, 0) is 55.5 Å². The van der Waals surface area contributed by atoms with Crippen molar-refractivity contribution in [3.8, 4) is 29.0 Å². The molecule has 0 aliphatic rings. The Hall–Kier alpha value is -3.86. The molecule has 1 heterocycles. The van der Waals surface area contributed by atoms with Crippen LogP contribution in [0.4, 0.5) is 0 Å². The molecule has 0 unspecified atom stereocenters. The van der Waals surface area contributed by atoms with Crippen LogP contribution in [0.1, 0.15) is 24.5 Å². The van der Waals surface area contributed by atoms with E-state index in [1.54, 1.807) is 62.6 Å². The van der Waals surface area contributed by atoms with Crippen molar-refractivity contribution in [2.24, 2.45) is 0 Å². The van der Waals surface area contributed by atoms with Gasteiger partial charge in [0, 0.05) is 5.56 Å². The molecular weight excluding hydrogens is 362 g/mol. The number of nitriles is 1. The van der Waals surface area contributed by atoms with Crippen molar-refractivity contribution in [2.75, 3.05) is 13.7 Å². The fraction of sp³-hybridized carbons (Fsp3) is 0.200. The molecule has 0 radical (unpaired) electrons. The van der Waals surface area contributed by atoms with Gasteiger partial charge in [-0.15, -0.1) is 10.2 Å². The van der Waals surface area contributed by atoms with E-state index in [2.05, 4.69) is 10.2 Å². The number of hydrogen-bond acceptors (Lipinski definition) is 8. The van der Waals surface area contributed by atoms with E-state index in [1.807, 2.05) is 6.07 Å². The lowest BCUT2D eigenvalue weighted by Gasteiger charge is -2.10. The van der Waals surface area contributed by atoms with Crippen LogP contribution in [0.2, 0.25) is 0 Å². The third-order valence-electron chi connectivity index (χ3n) is 3.77. The summed E-state index contributed by atoms with van der Waals surface area (Å²) in [6, 6.07) is 15.6. The summed E-state index contributed by atoms with van der Waals surface area (Å²) in [5.41, 5.74) is 1.23. The minimum Gasteiger partial charge on any atom is -0.497 e. The molecule has 0 aliphatic heterocycles. The number of ether oxygens (including phenoxy) is 3. The van der Waals surface area contributed by atoms with E-state index in [0.717, 1.165) is 5.56 Å². The van der Waals surface area contributed by atoms with E-state index in [1.165, 1.54) is 0 Å². The number of methoxy groups -OCH3 is 1. The third-order valence-corrected chi connectivity index (χ3v) is 3.77. The maximum Gasteiger partial charge on any atom is 0.344 e. The average molecular weight is 379 g/mol. The van der Waals surface area contributed by atoms with Crippen LogP contribution in [-0.2, 0) is 9.53 Å². The lowest BCUT2D eigenvalue weighted by molar-refractivity contribution is -0.152. The maximum atomic E-state index is 12.0. The minimum atomic E-state index is -0.725. The van der Waals surface area contributed by atoms with E-state index >= 15 is 0 Å². The quantitative estimate of drug-likeness (QED) is 0.576. The van der Waals surface area contributed by atoms with E-state index in [4.69, 9.17) is 23.9 Å². The largest absolute Gasteiger partial charge is 0.497 e. The van der Waals surface area contributed by atoms with Crippen molar-refractivity contribution in [3.05, 3.63) is 60.0 Å². The van der Waals surface area contributed by atoms with Crippen LogP contribution in [0.25, 0.3) is 11.5 Å². The molecule has 1 aromatic heterocycles. The fourth-order valence-corrected chi connectivity index (χ4v) is 2.30. The highest BCUT2D eigenvalue weighted by Crippen LogP contribution is 2.24. The molecule has 28 heavy (non-hydrogen) atoms. The Bertz CT molecular complexity index is 974. The zero-order chi connectivity index (χ0) is 19.9. The first-order valence-corrected chi connectivity index (χ1v) is 8.39. The number of nitrogens with zero attached hydrogens (tertiary/aromatic N) is 3. The van der Waals surface area contributed by atoms with Crippen LogP contribution in [0, 0.1) is 11.3 Å². The number of carbonyl (C=O) groups is 1. The lowest BCUT2D eigenvalue weighted by Crippen LogP contribution is -2.17. The number of hydrogen-bond donors (Lipinski definition) is 0. The van der Waals surface area contributed by atoms with Gasteiger partial charge in [0.25, 0.3) is 5.89 Å². The van der Waals surface area contributed by atoms with Gasteiger partial charge in [-0.2, -0.15) is 5.26 Å². The molecular formula is C20H17N3O5. The lowest BCUT2D eigenvalue weighted by atomic mass is 10.2. The molecule has 0 spiro atoms. The van der Waals surface area contributed by atoms with Gasteiger partial charge in [0.2, 0.25) is 5.89 Å². The molecule has 1 atom stereocenters. The summed E-state index contributed by atoms with van der Waals surface area (Å²) >= 11 is 0. The summed E-state index contributed by atoms with van der Waals surface area (Å²) in [4.78, 5) is 12.0. The van der Waals surface area contributed by atoms with Crippen molar-refractivity contribution < 1.29 is 23.4 Å². The summed E-state index contributed by atoms with van der Waals surface area (Å²) in [6.45, 7) is 1.35. The summed E-state index contributed by atoms with van der Waals surface area (Å²) in [7, 11) is 1.58. The van der Waals surface area contributed by atoms with Crippen LogP contribution >= 0.6 is 0 Å². The second kappa shape index (κ2) is 8.68. The van der Waals surface area contributed by atoms with E-state index < -0.39 is 12.1 Å². The maximum absolute atomic E-state index is 12.0. The standard InChI is InChI=1S/C20H17N3O5/c1-13(27-18(24)12-26-17-7-3-14(11-21)4-8-17)19-22-23-20(28-19)15-5-9-16(25-2)10-6-15/h3-10,13H,12H2,1-2H3/t13-/m1/s1. The second-order valence-electron chi connectivity index (χ2n) is 5.73. The molecule has 0 N–H and O–H groups in total. The summed E-state index contributed by atoms with van der Waals surface area (Å²) in [5, 5.41) is 16.7. The number of benzene rings is 2. The van der Waals surface area contributed by atoms with E-state index in [0.29, 0.717) is 23.0 Å². The molecule has 142 valence electrons. The van der Waals surface area contributed by atoms with Crippen molar-refractivity contribution in [1.29, 1.82) is 5.26 Å². The smallest absolute Gasteiger partial charge is 0.344 e. The molecule has 8 nitrogen and oxygen atoms in total. The Balaban J connectivity index is 1.55. The number of rotatable bonds is 7. The van der Waals surface area contributed by atoms with Gasteiger partial charge < -0.3 is 18.6 Å². The average Bonchev–Trinajstić information content (AvgIpc) is 3.23. The molecule has 0 saturated carbocycles. The van der Waals surface area contributed by atoms with Crippen LogP contribution in [0.3, 0.4) is 0 Å². The number of carbonyl (C=O) groups excluding carboxylic acids is 1. The molecule has 0 amide bonds. The molecule has 0 fully saturated rings. The second-order valence-corrected chi connectivity index (χ2v) is 5.73. The number of aromatic nitrogens is 2. The predicted octanol–water partition coefficient (Wildman–Crippen LogP) is 3.30. The third kappa shape index (κ3) is 4.65. The summed E-state index contributed by atoms with van der Waals surface area (Å²) < 4.78 is 21.3. The Morgan fingerprint density at radius 2 is 1.79 bits per heavy atom. The highest BCUT2D eigenvalue weighted by molar-refractivity contribution is 5.71. The van der Waals surface area contributed by atoms with Crippen LogP contribution in [-0.4, -0.2) is 29.9 Å². The Morgan fingerprint density at radius 1 is 1.11 bits per heavy atom. The normalized spacial score (nSPS) is 11.3. The van der Waals surface area contributed by atoms with Crippen molar-refractivity contribution in [1.82, 2.24) is 10.2 Å². The zero-order valence-electron chi connectivity index (χ0n) is 15.3. The van der Waals surface area contributed by atoms with Gasteiger partial charge in [0.05, 0.1) is 18.7 Å². The van der Waals surface area contributed by atoms with Gasteiger partial charge in [0.1, 0.15) is 11.5 Å². The minimum absolute atomic E-state index is 0.178. The summed E-state index contributed by atoms with van der Waals surface area (Å²) in [6.07, 6.45) is -0.725. The zero-order valence-corrected chi connectivity index (χ0v) is 15.3. The predicted molar refractivity (Wildman–Crippen MR) is 97.4 cm³/mol. The Morgan fingerprint density at radius 3 is 2.43 bits per heavy atom. The molecule has 0 saturated heterocycles. The molecule has 3 rings (SSSR count). The Labute approximate surface area is 161 Å². The van der Waals surface area contributed by atoms with Crippen LogP contribution < -0.4 is 9.47 Å². The molecule has 3 aromatic rings. The Kier molecular flexibility index (Phi) is 5.87. The van der Waals surface area contributed by atoms with E-state index in [9.17, 15) is 4.79 Å². The van der Waals surface area contributed by atoms with Gasteiger partial charge >= 0.3 is 5.97 Å². The molecule has 0 bridgehead atoms. The van der Waals surface area contributed by atoms with Gasteiger partial charge in [-0.1, -0.05) is 0 Å². The highest BCUT2D eigenvalue weighted by Gasteiger charge is 2.19. The van der Waals surface area contributed by atoms with Gasteiger partial charge in [-0.25, -0.2) is 4.79 Å². The topological polar surface area (TPSA) is 107 Å². The SMILES string of the molecule is COc1ccc(-c2nnc([C@@H](C)OC(=O)COc3ccc(C#N)cc3)o2)cc1. The first-order valence-electron chi connectivity index (χ1n) is 8.39. The van der Waals surface area contributed by atoms with Crippen molar-refractivity contribution in [3.63, 3.8) is 0 Å². The number of esters is 1. The first-order chi connectivity index (χ1) is 13.6. The summed E-state index contributed by atoms with van der Waals surface area (Å²) in [5.74, 6) is 1.09. The van der Waals surface area contributed by atoms with E-state index in [-0.39, 0.29) is 12.5 Å². The van der Waals surface area contributed by atoms with Gasteiger partial charge in [-0.3, -0.25) is 0 Å². The monoisotopic (exact) mass is 379 g/mol.